The van der Waals surface area contributed by atoms with Crippen LogP contribution >= 0.6 is 0 Å². The van der Waals surface area contributed by atoms with E-state index in [1.54, 1.807) is 0 Å². The summed E-state index contributed by atoms with van der Waals surface area (Å²) in [5.74, 6) is 0.757. The Morgan fingerprint density at radius 2 is 1.76 bits per heavy atom. The van der Waals surface area contributed by atoms with Gasteiger partial charge in [0, 0.05) is 18.0 Å². The van der Waals surface area contributed by atoms with Gasteiger partial charge in [-0.15, -0.1) is 0 Å². The molecule has 0 radical (unpaired) electrons. The largest absolute Gasteiger partial charge is 0.353 e. The van der Waals surface area contributed by atoms with Gasteiger partial charge in [-0.05, 0) is 31.6 Å². The molecular formula is C14H26N2O. The highest BCUT2D eigenvalue weighted by Crippen LogP contribution is 2.29. The van der Waals surface area contributed by atoms with Gasteiger partial charge in [-0.1, -0.05) is 32.6 Å². The van der Waals surface area contributed by atoms with Crippen molar-refractivity contribution >= 4 is 5.91 Å². The summed E-state index contributed by atoms with van der Waals surface area (Å²) in [7, 11) is 0. The fourth-order valence-electron chi connectivity index (χ4n) is 3.32. The Morgan fingerprint density at radius 1 is 1.06 bits per heavy atom. The topological polar surface area (TPSA) is 55.1 Å². The molecule has 0 aliphatic heterocycles. The van der Waals surface area contributed by atoms with Crippen LogP contribution in [0.15, 0.2) is 0 Å². The molecule has 0 spiro atoms. The lowest BCUT2D eigenvalue weighted by atomic mass is 9.76. The van der Waals surface area contributed by atoms with Crippen LogP contribution in [-0.2, 0) is 4.79 Å². The second-order valence-corrected chi connectivity index (χ2v) is 5.90. The Morgan fingerprint density at radius 3 is 2.47 bits per heavy atom. The first-order valence-corrected chi connectivity index (χ1v) is 7.24. The van der Waals surface area contributed by atoms with Crippen LogP contribution in [0.2, 0.25) is 0 Å². The SMILES string of the molecule is CC1C(N)CCCC1C(=O)NC1CCCCC1. The van der Waals surface area contributed by atoms with Crippen molar-refractivity contribution in [3.8, 4) is 0 Å². The van der Waals surface area contributed by atoms with Gasteiger partial charge in [0.25, 0.3) is 0 Å². The molecular weight excluding hydrogens is 212 g/mol. The summed E-state index contributed by atoms with van der Waals surface area (Å²) in [4.78, 5) is 12.3. The molecule has 0 aromatic rings. The Kier molecular flexibility index (Phi) is 4.43. The highest BCUT2D eigenvalue weighted by molar-refractivity contribution is 5.79. The lowest BCUT2D eigenvalue weighted by Crippen LogP contribution is -2.47. The van der Waals surface area contributed by atoms with Crippen molar-refractivity contribution < 1.29 is 4.79 Å². The summed E-state index contributed by atoms with van der Waals surface area (Å²) in [6.45, 7) is 2.13. The van der Waals surface area contributed by atoms with Gasteiger partial charge in [0.15, 0.2) is 0 Å². The van der Waals surface area contributed by atoms with E-state index in [-0.39, 0.29) is 17.9 Å². The lowest BCUT2D eigenvalue weighted by molar-refractivity contribution is -0.128. The molecule has 3 heteroatoms. The van der Waals surface area contributed by atoms with E-state index in [0.717, 1.165) is 19.3 Å². The van der Waals surface area contributed by atoms with Crippen LogP contribution < -0.4 is 11.1 Å². The maximum atomic E-state index is 12.3. The number of amides is 1. The Bertz CT molecular complexity index is 261. The minimum absolute atomic E-state index is 0.153. The first-order valence-electron chi connectivity index (χ1n) is 7.24. The predicted molar refractivity (Wildman–Crippen MR) is 69.5 cm³/mol. The Hall–Kier alpha value is -0.570. The summed E-state index contributed by atoms with van der Waals surface area (Å²) in [5.41, 5.74) is 6.06. The molecule has 1 amide bonds. The minimum Gasteiger partial charge on any atom is -0.353 e. The number of hydrogen-bond donors (Lipinski definition) is 2. The van der Waals surface area contributed by atoms with Crippen molar-refractivity contribution in [2.75, 3.05) is 0 Å². The van der Waals surface area contributed by atoms with Crippen LogP contribution in [0, 0.1) is 11.8 Å². The zero-order valence-electron chi connectivity index (χ0n) is 11.0. The van der Waals surface area contributed by atoms with Gasteiger partial charge in [0.2, 0.25) is 5.91 Å². The second kappa shape index (κ2) is 5.85. The standard InChI is InChI=1S/C14H26N2O/c1-10-12(8-5-9-13(10)15)14(17)16-11-6-3-2-4-7-11/h10-13H,2-9,15H2,1H3,(H,16,17). The second-order valence-electron chi connectivity index (χ2n) is 5.90. The molecule has 17 heavy (non-hydrogen) atoms. The normalized spacial score (nSPS) is 35.5. The van der Waals surface area contributed by atoms with E-state index < -0.39 is 0 Å². The van der Waals surface area contributed by atoms with Crippen molar-refractivity contribution in [2.45, 2.75) is 70.4 Å². The van der Waals surface area contributed by atoms with Gasteiger partial charge >= 0.3 is 0 Å². The fraction of sp³-hybridized carbons (Fsp3) is 0.929. The molecule has 2 fully saturated rings. The molecule has 2 saturated carbocycles. The van der Waals surface area contributed by atoms with E-state index in [0.29, 0.717) is 12.0 Å². The zero-order valence-corrected chi connectivity index (χ0v) is 11.0. The molecule has 0 heterocycles. The van der Waals surface area contributed by atoms with Crippen LogP contribution in [0.3, 0.4) is 0 Å². The van der Waals surface area contributed by atoms with E-state index in [2.05, 4.69) is 12.2 Å². The summed E-state index contributed by atoms with van der Waals surface area (Å²) in [6, 6.07) is 0.646. The third-order valence-electron chi connectivity index (χ3n) is 4.65. The highest BCUT2D eigenvalue weighted by atomic mass is 16.2. The van der Waals surface area contributed by atoms with Crippen molar-refractivity contribution in [1.29, 1.82) is 0 Å². The van der Waals surface area contributed by atoms with E-state index in [1.165, 1.54) is 32.1 Å². The fourth-order valence-corrected chi connectivity index (χ4v) is 3.32. The van der Waals surface area contributed by atoms with Gasteiger partial charge in [-0.25, -0.2) is 0 Å². The van der Waals surface area contributed by atoms with Crippen LogP contribution in [0.1, 0.15) is 58.3 Å². The number of carbonyl (C=O) groups excluding carboxylic acids is 1. The summed E-state index contributed by atoms with van der Waals surface area (Å²) in [6.07, 6.45) is 9.40. The van der Waals surface area contributed by atoms with Crippen molar-refractivity contribution in [3.05, 3.63) is 0 Å². The number of rotatable bonds is 2. The van der Waals surface area contributed by atoms with E-state index in [4.69, 9.17) is 5.73 Å². The Balaban J connectivity index is 1.85. The molecule has 3 unspecified atom stereocenters. The van der Waals surface area contributed by atoms with Crippen LogP contribution in [0.4, 0.5) is 0 Å². The third kappa shape index (κ3) is 3.21. The first-order chi connectivity index (χ1) is 8.18. The van der Waals surface area contributed by atoms with E-state index in [9.17, 15) is 4.79 Å². The van der Waals surface area contributed by atoms with Crippen molar-refractivity contribution in [1.82, 2.24) is 5.32 Å². The molecule has 2 rings (SSSR count). The number of nitrogens with two attached hydrogens (primary N) is 1. The quantitative estimate of drug-likeness (QED) is 0.775. The van der Waals surface area contributed by atoms with Crippen LogP contribution in [0.25, 0.3) is 0 Å². The van der Waals surface area contributed by atoms with Gasteiger partial charge < -0.3 is 11.1 Å². The zero-order chi connectivity index (χ0) is 12.3. The van der Waals surface area contributed by atoms with Gasteiger partial charge in [-0.2, -0.15) is 0 Å². The molecule has 0 bridgehead atoms. The molecule has 0 aromatic carbocycles. The molecule has 0 aromatic heterocycles. The number of nitrogens with one attached hydrogen (secondary N) is 1. The molecule has 2 aliphatic rings. The Labute approximate surface area is 105 Å². The predicted octanol–water partition coefficient (Wildman–Crippen LogP) is 2.20. The first kappa shape index (κ1) is 12.9. The molecule has 98 valence electrons. The van der Waals surface area contributed by atoms with Gasteiger partial charge in [0.1, 0.15) is 0 Å². The lowest BCUT2D eigenvalue weighted by Gasteiger charge is -2.34. The highest BCUT2D eigenvalue weighted by Gasteiger charge is 2.33. The van der Waals surface area contributed by atoms with Crippen molar-refractivity contribution in [2.24, 2.45) is 17.6 Å². The van der Waals surface area contributed by atoms with Crippen LogP contribution in [0.5, 0.6) is 0 Å². The van der Waals surface area contributed by atoms with E-state index >= 15 is 0 Å². The van der Waals surface area contributed by atoms with Crippen molar-refractivity contribution in [3.63, 3.8) is 0 Å². The number of carbonyl (C=O) groups is 1. The molecule has 3 nitrogen and oxygen atoms in total. The summed E-state index contributed by atoms with van der Waals surface area (Å²) >= 11 is 0. The summed E-state index contributed by atoms with van der Waals surface area (Å²) < 4.78 is 0. The van der Waals surface area contributed by atoms with Gasteiger partial charge in [0.05, 0.1) is 0 Å². The molecule has 2 aliphatic carbocycles. The van der Waals surface area contributed by atoms with Crippen LogP contribution in [-0.4, -0.2) is 18.0 Å². The maximum absolute atomic E-state index is 12.3. The third-order valence-corrected chi connectivity index (χ3v) is 4.65. The molecule has 3 atom stereocenters. The molecule has 3 N–H and O–H groups in total. The summed E-state index contributed by atoms with van der Waals surface area (Å²) in [5, 5.41) is 3.25. The molecule has 0 saturated heterocycles. The van der Waals surface area contributed by atoms with Gasteiger partial charge in [-0.3, -0.25) is 4.79 Å². The average Bonchev–Trinajstić information content (AvgIpc) is 2.34. The maximum Gasteiger partial charge on any atom is 0.223 e. The average molecular weight is 238 g/mol. The smallest absolute Gasteiger partial charge is 0.223 e. The van der Waals surface area contributed by atoms with E-state index in [1.807, 2.05) is 0 Å². The minimum atomic E-state index is 0.153. The number of hydrogen-bond acceptors (Lipinski definition) is 2. The monoisotopic (exact) mass is 238 g/mol.